The van der Waals surface area contributed by atoms with Crippen LogP contribution in [0.15, 0.2) is 54.6 Å². The molecule has 2 aromatic carbocycles. The molecule has 0 saturated carbocycles. The van der Waals surface area contributed by atoms with E-state index in [1.54, 1.807) is 18.2 Å². The second-order valence-corrected chi connectivity index (χ2v) is 10.1. The number of anilines is 1. The number of ether oxygens (including phenoxy) is 1. The maximum atomic E-state index is 13.6. The number of methoxy groups -OCH3 is 1. The number of rotatable bonds is 4. The zero-order valence-corrected chi connectivity index (χ0v) is 20.4. The van der Waals surface area contributed by atoms with Gasteiger partial charge in [-0.1, -0.05) is 48.9 Å². The Hall–Kier alpha value is -3.22. The third-order valence-electron chi connectivity index (χ3n) is 6.21. The van der Waals surface area contributed by atoms with Crippen molar-refractivity contribution in [2.75, 3.05) is 12.4 Å². The normalized spacial score (nSPS) is 15.1. The molecule has 172 valence electrons. The lowest BCUT2D eigenvalue weighted by atomic mass is 9.88. The van der Waals surface area contributed by atoms with E-state index in [1.165, 1.54) is 18.4 Å². The van der Waals surface area contributed by atoms with Crippen LogP contribution >= 0.6 is 22.9 Å². The van der Waals surface area contributed by atoms with Gasteiger partial charge in [0, 0.05) is 20.8 Å². The first-order valence-electron chi connectivity index (χ1n) is 11.1. The fourth-order valence-corrected chi connectivity index (χ4v) is 6.04. The molecule has 0 bridgehead atoms. The van der Waals surface area contributed by atoms with E-state index >= 15 is 0 Å². The first-order valence-corrected chi connectivity index (χ1v) is 12.3. The lowest BCUT2D eigenvalue weighted by Crippen LogP contribution is -2.16. The lowest BCUT2D eigenvalue weighted by Gasteiger charge is -2.18. The number of fused-ring (bicyclic) bond motifs is 2. The molecule has 7 heteroatoms. The topological polar surface area (TPSA) is 68.3 Å². The van der Waals surface area contributed by atoms with E-state index < -0.39 is 5.97 Å². The molecule has 0 spiro atoms. The Morgan fingerprint density at radius 3 is 2.71 bits per heavy atom. The van der Waals surface area contributed by atoms with E-state index in [0.717, 1.165) is 35.3 Å². The van der Waals surface area contributed by atoms with Crippen LogP contribution in [0.25, 0.3) is 22.2 Å². The van der Waals surface area contributed by atoms with Gasteiger partial charge in [0.2, 0.25) is 0 Å². The molecular weight excluding hydrogens is 468 g/mol. The molecule has 1 atom stereocenters. The summed E-state index contributed by atoms with van der Waals surface area (Å²) in [6.45, 7) is 2.21. The summed E-state index contributed by atoms with van der Waals surface area (Å²) < 4.78 is 5.07. The highest BCUT2D eigenvalue weighted by Gasteiger charge is 2.29. The van der Waals surface area contributed by atoms with Gasteiger partial charge in [0.15, 0.2) is 0 Å². The van der Waals surface area contributed by atoms with Crippen LogP contribution in [0.5, 0.6) is 0 Å². The molecule has 1 aliphatic carbocycles. The number of carbonyl (C=O) groups excluding carboxylic acids is 2. The Bertz CT molecular complexity index is 1410. The quantitative estimate of drug-likeness (QED) is 0.320. The zero-order valence-electron chi connectivity index (χ0n) is 18.9. The number of nitrogens with zero attached hydrogens (tertiary/aromatic N) is 1. The first kappa shape index (κ1) is 22.6. The molecule has 5 nitrogen and oxygen atoms in total. The molecule has 1 amide bonds. The Morgan fingerprint density at radius 1 is 1.15 bits per heavy atom. The SMILES string of the molecule is COC(=O)c1c(NC(=O)c2cc(-c3ccccc3)nc3ccc(Cl)cc23)sc2c1CCC(C)C2. The van der Waals surface area contributed by atoms with Crippen LogP contribution in [0.2, 0.25) is 5.02 Å². The van der Waals surface area contributed by atoms with Crippen molar-refractivity contribution in [3.05, 3.63) is 81.2 Å². The van der Waals surface area contributed by atoms with E-state index in [-0.39, 0.29) is 5.91 Å². The highest BCUT2D eigenvalue weighted by molar-refractivity contribution is 7.17. The minimum Gasteiger partial charge on any atom is -0.465 e. The maximum absolute atomic E-state index is 13.6. The largest absolute Gasteiger partial charge is 0.465 e. The van der Waals surface area contributed by atoms with E-state index in [0.29, 0.717) is 43.7 Å². The minimum atomic E-state index is -0.421. The smallest absolute Gasteiger partial charge is 0.341 e. The Balaban J connectivity index is 1.61. The monoisotopic (exact) mass is 490 g/mol. The standard InChI is InChI=1S/C27H23ClN2O3S/c1-15-8-10-18-23(12-15)34-26(24(18)27(32)33-2)30-25(31)20-14-22(16-6-4-3-5-7-16)29-21-11-9-17(28)13-19(20)21/h3-7,9,11,13-15H,8,10,12H2,1-2H3,(H,30,31). The molecule has 34 heavy (non-hydrogen) atoms. The van der Waals surface area contributed by atoms with Gasteiger partial charge in [0.1, 0.15) is 5.00 Å². The second kappa shape index (κ2) is 9.20. The molecule has 1 unspecified atom stereocenters. The van der Waals surface area contributed by atoms with Crippen molar-refractivity contribution in [3.8, 4) is 11.3 Å². The number of thiophene rings is 1. The maximum Gasteiger partial charge on any atom is 0.341 e. The number of pyridine rings is 1. The number of halogens is 1. The number of nitrogens with one attached hydrogen (secondary N) is 1. The van der Waals surface area contributed by atoms with Crippen molar-refractivity contribution in [1.82, 2.24) is 4.98 Å². The van der Waals surface area contributed by atoms with Crippen LogP contribution in [0.3, 0.4) is 0 Å². The van der Waals surface area contributed by atoms with Crippen molar-refractivity contribution in [2.24, 2.45) is 5.92 Å². The van der Waals surface area contributed by atoms with Crippen LogP contribution in [0.4, 0.5) is 5.00 Å². The predicted octanol–water partition coefficient (Wildman–Crippen LogP) is 6.78. The summed E-state index contributed by atoms with van der Waals surface area (Å²) in [6.07, 6.45) is 2.71. The van der Waals surface area contributed by atoms with Gasteiger partial charge in [0.25, 0.3) is 5.91 Å². The average molecular weight is 491 g/mol. The van der Waals surface area contributed by atoms with Crippen LogP contribution in [-0.4, -0.2) is 24.0 Å². The van der Waals surface area contributed by atoms with Gasteiger partial charge >= 0.3 is 5.97 Å². The molecule has 0 radical (unpaired) electrons. The van der Waals surface area contributed by atoms with Crippen LogP contribution in [-0.2, 0) is 17.6 Å². The molecule has 0 fully saturated rings. The lowest BCUT2D eigenvalue weighted by molar-refractivity contribution is 0.0601. The number of esters is 1. The summed E-state index contributed by atoms with van der Waals surface area (Å²) in [6, 6.07) is 16.8. The first-order chi connectivity index (χ1) is 16.4. The van der Waals surface area contributed by atoms with Crippen LogP contribution < -0.4 is 5.32 Å². The molecule has 0 aliphatic heterocycles. The van der Waals surface area contributed by atoms with E-state index in [1.807, 2.05) is 36.4 Å². The highest BCUT2D eigenvalue weighted by atomic mass is 35.5. The predicted molar refractivity (Wildman–Crippen MR) is 137 cm³/mol. The van der Waals surface area contributed by atoms with Crippen molar-refractivity contribution in [3.63, 3.8) is 0 Å². The van der Waals surface area contributed by atoms with Gasteiger partial charge in [-0.25, -0.2) is 9.78 Å². The van der Waals surface area contributed by atoms with Crippen LogP contribution in [0.1, 0.15) is 44.5 Å². The molecule has 5 rings (SSSR count). The Labute approximate surface area is 206 Å². The number of hydrogen-bond donors (Lipinski definition) is 1. The van der Waals surface area contributed by atoms with Gasteiger partial charge in [0.05, 0.1) is 29.4 Å². The molecule has 2 heterocycles. The second-order valence-electron chi connectivity index (χ2n) is 8.58. The number of aromatic nitrogens is 1. The third kappa shape index (κ3) is 4.19. The Morgan fingerprint density at radius 2 is 1.94 bits per heavy atom. The van der Waals surface area contributed by atoms with E-state index in [2.05, 4.69) is 12.2 Å². The summed E-state index contributed by atoms with van der Waals surface area (Å²) >= 11 is 7.73. The van der Waals surface area contributed by atoms with Crippen molar-refractivity contribution >= 4 is 50.7 Å². The zero-order chi connectivity index (χ0) is 23.8. The molecule has 2 aromatic heterocycles. The summed E-state index contributed by atoms with van der Waals surface area (Å²) in [7, 11) is 1.37. The molecule has 1 aliphatic rings. The van der Waals surface area contributed by atoms with Crippen molar-refractivity contribution in [2.45, 2.75) is 26.2 Å². The highest BCUT2D eigenvalue weighted by Crippen LogP contribution is 2.40. The van der Waals surface area contributed by atoms with Gasteiger partial charge < -0.3 is 10.1 Å². The van der Waals surface area contributed by atoms with Crippen LogP contribution in [0, 0.1) is 5.92 Å². The molecular formula is C27H23ClN2O3S. The third-order valence-corrected chi connectivity index (χ3v) is 7.62. The number of amides is 1. The summed E-state index contributed by atoms with van der Waals surface area (Å²) in [5.74, 6) is -0.196. The summed E-state index contributed by atoms with van der Waals surface area (Å²) in [4.78, 5) is 32.2. The fourth-order valence-electron chi connectivity index (χ4n) is 4.47. The fraction of sp³-hybridized carbons (Fsp3) is 0.222. The minimum absolute atomic E-state index is 0.316. The number of carbonyl (C=O) groups is 2. The van der Waals surface area contributed by atoms with Crippen molar-refractivity contribution < 1.29 is 14.3 Å². The number of hydrogen-bond acceptors (Lipinski definition) is 5. The Kier molecular flexibility index (Phi) is 6.11. The molecule has 1 N–H and O–H groups in total. The van der Waals surface area contributed by atoms with Gasteiger partial charge in [-0.3, -0.25) is 4.79 Å². The molecule has 0 saturated heterocycles. The van der Waals surface area contributed by atoms with Gasteiger partial charge in [-0.05, 0) is 55.0 Å². The van der Waals surface area contributed by atoms with Gasteiger partial charge in [-0.2, -0.15) is 0 Å². The number of benzene rings is 2. The van der Waals surface area contributed by atoms with Crippen molar-refractivity contribution in [1.29, 1.82) is 0 Å². The summed E-state index contributed by atoms with van der Waals surface area (Å²) in [5.41, 5.74) is 4.18. The van der Waals surface area contributed by atoms with E-state index in [9.17, 15) is 9.59 Å². The molecule has 4 aromatic rings. The average Bonchev–Trinajstić information content (AvgIpc) is 3.20. The van der Waals surface area contributed by atoms with E-state index in [4.69, 9.17) is 21.3 Å². The van der Waals surface area contributed by atoms with Gasteiger partial charge in [-0.15, -0.1) is 11.3 Å². The summed E-state index contributed by atoms with van der Waals surface area (Å²) in [5, 5.41) is 4.72.